The Hall–Kier alpha value is -2.11. The zero-order valence-electron chi connectivity index (χ0n) is 7.16. The summed E-state index contributed by atoms with van der Waals surface area (Å²) in [7, 11) is 0. The molecule has 0 saturated carbocycles. The first-order valence-corrected chi connectivity index (χ1v) is 4.17. The molecule has 3 rings (SSSR count). The molecule has 0 bridgehead atoms. The van der Waals surface area contributed by atoms with Crippen molar-refractivity contribution in [3.63, 3.8) is 0 Å². The van der Waals surface area contributed by atoms with Crippen LogP contribution < -0.4 is 11.3 Å². The number of aromatic amines is 2. The van der Waals surface area contributed by atoms with E-state index in [1.807, 2.05) is 0 Å². The van der Waals surface area contributed by atoms with Crippen molar-refractivity contribution in [3.05, 3.63) is 27.9 Å². The van der Waals surface area contributed by atoms with Gasteiger partial charge in [-0.05, 0) is 0 Å². The number of hydrogen-bond acceptors (Lipinski definition) is 4. The molecule has 0 spiro atoms. The minimum atomic E-state index is -0.182. The van der Waals surface area contributed by atoms with Gasteiger partial charge in [0.15, 0.2) is 0 Å². The summed E-state index contributed by atoms with van der Waals surface area (Å²) in [5, 5.41) is 0. The summed E-state index contributed by atoms with van der Waals surface area (Å²) in [5.41, 5.74) is 8.16. The van der Waals surface area contributed by atoms with Gasteiger partial charge in [-0.25, -0.2) is 9.97 Å². The summed E-state index contributed by atoms with van der Waals surface area (Å²) < 4.78 is 0. The SMILES string of the molecule is Nc1nc2c(c(=O)[nH]1)Cc1[nH]cnc1-2. The maximum Gasteiger partial charge on any atom is 0.256 e. The molecule has 0 amide bonds. The minimum absolute atomic E-state index is 0.129. The first kappa shape index (κ1) is 7.31. The van der Waals surface area contributed by atoms with Crippen LogP contribution >= 0.6 is 0 Å². The molecular weight excluding hydrogens is 182 g/mol. The Balaban J connectivity index is 2.40. The van der Waals surface area contributed by atoms with Crippen LogP contribution in [0.25, 0.3) is 11.4 Å². The number of H-pyrrole nitrogens is 2. The van der Waals surface area contributed by atoms with Crippen LogP contribution in [-0.2, 0) is 6.42 Å². The first-order valence-electron chi connectivity index (χ1n) is 4.17. The molecule has 2 aromatic heterocycles. The van der Waals surface area contributed by atoms with Gasteiger partial charge in [0.25, 0.3) is 5.56 Å². The van der Waals surface area contributed by atoms with E-state index in [1.165, 1.54) is 0 Å². The second-order valence-corrected chi connectivity index (χ2v) is 3.18. The molecule has 1 aliphatic rings. The molecule has 6 heteroatoms. The standard InChI is InChI=1S/C8H7N5O/c9-8-12-5-3(7(14)13-8)1-4-6(5)11-2-10-4/h2H,1H2,(H,10,11)(H3,9,12,13,14). The summed E-state index contributed by atoms with van der Waals surface area (Å²) >= 11 is 0. The Morgan fingerprint density at radius 3 is 3.14 bits per heavy atom. The van der Waals surface area contributed by atoms with E-state index in [-0.39, 0.29) is 11.5 Å². The molecule has 0 saturated heterocycles. The lowest BCUT2D eigenvalue weighted by molar-refractivity contribution is 1.05. The average Bonchev–Trinajstić information content (AvgIpc) is 2.65. The molecule has 2 aromatic rings. The third kappa shape index (κ3) is 0.769. The largest absolute Gasteiger partial charge is 0.369 e. The van der Waals surface area contributed by atoms with Gasteiger partial charge < -0.3 is 10.7 Å². The molecule has 2 heterocycles. The highest BCUT2D eigenvalue weighted by Crippen LogP contribution is 2.29. The van der Waals surface area contributed by atoms with Gasteiger partial charge in [0, 0.05) is 12.1 Å². The average molecular weight is 189 g/mol. The van der Waals surface area contributed by atoms with Crippen LogP contribution in [0.3, 0.4) is 0 Å². The van der Waals surface area contributed by atoms with Crippen molar-refractivity contribution in [2.75, 3.05) is 5.73 Å². The van der Waals surface area contributed by atoms with Crippen molar-refractivity contribution in [2.24, 2.45) is 0 Å². The van der Waals surface area contributed by atoms with Gasteiger partial charge in [-0.2, -0.15) is 0 Å². The van der Waals surface area contributed by atoms with Gasteiger partial charge in [0.1, 0.15) is 11.4 Å². The first-order chi connectivity index (χ1) is 6.75. The van der Waals surface area contributed by atoms with Crippen molar-refractivity contribution in [1.82, 2.24) is 19.9 Å². The second-order valence-electron chi connectivity index (χ2n) is 3.18. The number of nitrogen functional groups attached to an aromatic ring is 1. The van der Waals surface area contributed by atoms with E-state index < -0.39 is 0 Å². The van der Waals surface area contributed by atoms with Gasteiger partial charge in [-0.1, -0.05) is 0 Å². The van der Waals surface area contributed by atoms with Gasteiger partial charge in [-0.15, -0.1) is 0 Å². The normalized spacial score (nSPS) is 12.6. The van der Waals surface area contributed by atoms with Crippen LogP contribution in [0.5, 0.6) is 0 Å². The Morgan fingerprint density at radius 2 is 2.29 bits per heavy atom. The molecule has 4 N–H and O–H groups in total. The molecular formula is C8H7N5O. The molecule has 70 valence electrons. The lowest BCUT2D eigenvalue weighted by Crippen LogP contribution is -2.15. The molecule has 0 unspecified atom stereocenters. The molecule has 0 radical (unpaired) electrons. The summed E-state index contributed by atoms with van der Waals surface area (Å²) in [6.45, 7) is 0. The minimum Gasteiger partial charge on any atom is -0.369 e. The lowest BCUT2D eigenvalue weighted by atomic mass is 10.2. The maximum atomic E-state index is 11.5. The van der Waals surface area contributed by atoms with Crippen LogP contribution in [0.1, 0.15) is 11.3 Å². The van der Waals surface area contributed by atoms with E-state index >= 15 is 0 Å². The maximum absolute atomic E-state index is 11.5. The fourth-order valence-corrected chi connectivity index (χ4v) is 1.71. The molecule has 14 heavy (non-hydrogen) atoms. The number of hydrogen-bond donors (Lipinski definition) is 3. The van der Waals surface area contributed by atoms with Gasteiger partial charge in [-0.3, -0.25) is 9.78 Å². The van der Waals surface area contributed by atoms with Crippen LogP contribution in [0.15, 0.2) is 11.1 Å². The number of imidazole rings is 1. The second kappa shape index (κ2) is 2.22. The number of nitrogens with one attached hydrogen (secondary N) is 2. The summed E-state index contributed by atoms with van der Waals surface area (Å²) in [6.07, 6.45) is 2.14. The zero-order valence-corrected chi connectivity index (χ0v) is 7.16. The molecule has 0 atom stereocenters. The summed E-state index contributed by atoms with van der Waals surface area (Å²) in [4.78, 5) is 25.1. The summed E-state index contributed by atoms with van der Waals surface area (Å²) in [6, 6.07) is 0. The monoisotopic (exact) mass is 189 g/mol. The number of anilines is 1. The highest BCUT2D eigenvalue weighted by Gasteiger charge is 2.25. The highest BCUT2D eigenvalue weighted by molar-refractivity contribution is 5.68. The van der Waals surface area contributed by atoms with Crippen molar-refractivity contribution in [1.29, 1.82) is 0 Å². The Labute approximate surface area is 78.2 Å². The van der Waals surface area contributed by atoms with Crippen LogP contribution in [0.2, 0.25) is 0 Å². The third-order valence-corrected chi connectivity index (χ3v) is 2.33. The fourth-order valence-electron chi connectivity index (χ4n) is 1.71. The molecule has 0 fully saturated rings. The predicted molar refractivity (Wildman–Crippen MR) is 49.7 cm³/mol. The van der Waals surface area contributed by atoms with Crippen molar-refractivity contribution in [3.8, 4) is 11.4 Å². The number of rotatable bonds is 0. The highest BCUT2D eigenvalue weighted by atomic mass is 16.1. The van der Waals surface area contributed by atoms with E-state index in [0.29, 0.717) is 17.7 Å². The molecule has 1 aliphatic carbocycles. The number of nitrogens with two attached hydrogens (primary N) is 1. The van der Waals surface area contributed by atoms with Crippen molar-refractivity contribution >= 4 is 5.95 Å². The number of fused-ring (bicyclic) bond motifs is 3. The van der Waals surface area contributed by atoms with E-state index in [2.05, 4.69) is 19.9 Å². The van der Waals surface area contributed by atoms with Gasteiger partial charge in [0.05, 0.1) is 11.9 Å². The van der Waals surface area contributed by atoms with E-state index in [9.17, 15) is 4.79 Å². The number of nitrogens with zero attached hydrogens (tertiary/aromatic N) is 2. The van der Waals surface area contributed by atoms with Crippen molar-refractivity contribution < 1.29 is 0 Å². The van der Waals surface area contributed by atoms with Crippen LogP contribution in [0.4, 0.5) is 5.95 Å². The quantitative estimate of drug-likeness (QED) is 0.449. The van der Waals surface area contributed by atoms with Crippen LogP contribution in [-0.4, -0.2) is 19.9 Å². The fraction of sp³-hybridized carbons (Fsp3) is 0.125. The van der Waals surface area contributed by atoms with E-state index in [0.717, 1.165) is 11.4 Å². The van der Waals surface area contributed by atoms with E-state index in [4.69, 9.17) is 5.73 Å². The molecule has 0 aromatic carbocycles. The zero-order chi connectivity index (χ0) is 9.71. The Morgan fingerprint density at radius 1 is 1.43 bits per heavy atom. The molecule has 0 aliphatic heterocycles. The van der Waals surface area contributed by atoms with Gasteiger partial charge in [0.2, 0.25) is 5.95 Å². The topological polar surface area (TPSA) is 100 Å². The number of aromatic nitrogens is 4. The lowest BCUT2D eigenvalue weighted by Gasteiger charge is -1.97. The van der Waals surface area contributed by atoms with Crippen molar-refractivity contribution in [2.45, 2.75) is 6.42 Å². The van der Waals surface area contributed by atoms with Gasteiger partial charge >= 0.3 is 0 Å². The summed E-state index contributed by atoms with van der Waals surface area (Å²) in [5.74, 6) is 0.129. The third-order valence-electron chi connectivity index (χ3n) is 2.33. The Bertz CT molecular complexity index is 567. The van der Waals surface area contributed by atoms with E-state index in [1.54, 1.807) is 6.33 Å². The predicted octanol–water partition coefficient (Wildman–Crippen LogP) is -0.354. The smallest absolute Gasteiger partial charge is 0.256 e. The Kier molecular flexibility index (Phi) is 1.16. The van der Waals surface area contributed by atoms with Crippen LogP contribution in [0, 0.1) is 0 Å². The molecule has 6 nitrogen and oxygen atoms in total.